The van der Waals surface area contributed by atoms with Crippen LogP contribution in [-0.2, 0) is 12.7 Å². The monoisotopic (exact) mass is 518 g/mol. The van der Waals surface area contributed by atoms with Gasteiger partial charge in [-0.05, 0) is 54.6 Å². The van der Waals surface area contributed by atoms with Crippen molar-refractivity contribution in [2.75, 3.05) is 6.54 Å². The number of alkyl halides is 3. The van der Waals surface area contributed by atoms with Crippen molar-refractivity contribution in [3.05, 3.63) is 76.6 Å². The molecule has 1 fully saturated rings. The Morgan fingerprint density at radius 2 is 1.97 bits per heavy atom. The average Bonchev–Trinajstić information content (AvgIpc) is 3.30. The lowest BCUT2D eigenvalue weighted by atomic mass is 9.90. The lowest BCUT2D eigenvalue weighted by Gasteiger charge is -2.32. The van der Waals surface area contributed by atoms with Crippen molar-refractivity contribution in [2.24, 2.45) is 5.92 Å². The molecule has 1 unspecified atom stereocenters. The number of halogens is 4. The van der Waals surface area contributed by atoms with Crippen LogP contribution in [0.3, 0.4) is 0 Å². The van der Waals surface area contributed by atoms with Crippen LogP contribution in [-0.4, -0.2) is 28.3 Å². The first-order valence-corrected chi connectivity index (χ1v) is 12.5. The summed E-state index contributed by atoms with van der Waals surface area (Å²) >= 11 is 6.04. The van der Waals surface area contributed by atoms with E-state index in [2.05, 4.69) is 29.6 Å². The number of piperidine rings is 1. The number of hydrogen-bond acceptors (Lipinski definition) is 3. The zero-order valence-corrected chi connectivity index (χ0v) is 21.0. The topological polar surface area (TPSA) is 59.0 Å². The third kappa shape index (κ3) is 6.10. The SMILES string of the molecule is CC(C)Cn1cc(-c2cccc(C(NC(=O)c3cccc(C(F)(F)F)c3Cl)[C@@H]3CCCCN3)c2)cn1. The Morgan fingerprint density at radius 3 is 2.67 bits per heavy atom. The fraction of sp³-hybridized carbons (Fsp3) is 0.407. The van der Waals surface area contributed by atoms with E-state index >= 15 is 0 Å². The van der Waals surface area contributed by atoms with Crippen molar-refractivity contribution in [1.29, 1.82) is 0 Å². The maximum Gasteiger partial charge on any atom is 0.417 e. The normalized spacial score (nSPS) is 17.2. The Balaban J connectivity index is 1.65. The third-order valence-corrected chi connectivity index (χ3v) is 6.76. The van der Waals surface area contributed by atoms with Crippen molar-refractivity contribution < 1.29 is 18.0 Å². The molecule has 36 heavy (non-hydrogen) atoms. The predicted molar refractivity (Wildman–Crippen MR) is 135 cm³/mol. The molecule has 1 amide bonds. The van der Waals surface area contributed by atoms with Gasteiger partial charge in [-0.2, -0.15) is 18.3 Å². The van der Waals surface area contributed by atoms with Crippen LogP contribution in [0, 0.1) is 5.92 Å². The van der Waals surface area contributed by atoms with Crippen molar-refractivity contribution in [3.8, 4) is 11.1 Å². The molecule has 2 heterocycles. The Bertz CT molecular complexity index is 1200. The van der Waals surface area contributed by atoms with Gasteiger partial charge in [0.15, 0.2) is 0 Å². The molecule has 3 aromatic rings. The Hall–Kier alpha value is -2.84. The minimum absolute atomic E-state index is 0.0637. The van der Waals surface area contributed by atoms with E-state index in [9.17, 15) is 18.0 Å². The second kappa shape index (κ2) is 11.0. The summed E-state index contributed by atoms with van der Waals surface area (Å²) in [6.45, 7) is 5.87. The molecular formula is C27H30ClF3N4O. The molecular weight excluding hydrogens is 489 g/mol. The van der Waals surface area contributed by atoms with Crippen LogP contribution in [0.1, 0.15) is 60.6 Å². The van der Waals surface area contributed by atoms with Gasteiger partial charge in [0, 0.05) is 24.3 Å². The van der Waals surface area contributed by atoms with E-state index < -0.39 is 28.7 Å². The Kier molecular flexibility index (Phi) is 8.05. The number of aromatic nitrogens is 2. The van der Waals surface area contributed by atoms with Crippen LogP contribution >= 0.6 is 11.6 Å². The average molecular weight is 519 g/mol. The van der Waals surface area contributed by atoms with Crippen LogP contribution in [0.15, 0.2) is 54.9 Å². The molecule has 1 aromatic heterocycles. The number of carbonyl (C=O) groups excluding carboxylic acids is 1. The summed E-state index contributed by atoms with van der Waals surface area (Å²) in [6, 6.07) is 10.7. The summed E-state index contributed by atoms with van der Waals surface area (Å²) < 4.78 is 42.0. The summed E-state index contributed by atoms with van der Waals surface area (Å²) in [6.07, 6.45) is 2.02. The van der Waals surface area contributed by atoms with Crippen LogP contribution in [0.25, 0.3) is 11.1 Å². The van der Waals surface area contributed by atoms with Gasteiger partial charge >= 0.3 is 6.18 Å². The minimum Gasteiger partial charge on any atom is -0.344 e. The molecule has 1 aliphatic heterocycles. The van der Waals surface area contributed by atoms with E-state index in [1.54, 1.807) is 0 Å². The van der Waals surface area contributed by atoms with Crippen LogP contribution in [0.2, 0.25) is 5.02 Å². The number of nitrogens with one attached hydrogen (secondary N) is 2. The maximum atomic E-state index is 13.4. The molecule has 0 spiro atoms. The van der Waals surface area contributed by atoms with Crippen molar-refractivity contribution in [2.45, 2.75) is 57.9 Å². The largest absolute Gasteiger partial charge is 0.417 e. The smallest absolute Gasteiger partial charge is 0.344 e. The Labute approximate surface area is 214 Å². The molecule has 0 aliphatic carbocycles. The molecule has 5 nitrogen and oxygen atoms in total. The van der Waals surface area contributed by atoms with Crippen molar-refractivity contribution >= 4 is 17.5 Å². The summed E-state index contributed by atoms with van der Waals surface area (Å²) in [5, 5.41) is 10.3. The molecule has 9 heteroatoms. The number of hydrogen-bond donors (Lipinski definition) is 2. The van der Waals surface area contributed by atoms with Crippen LogP contribution in [0.5, 0.6) is 0 Å². The highest BCUT2D eigenvalue weighted by molar-refractivity contribution is 6.34. The first-order chi connectivity index (χ1) is 17.1. The lowest BCUT2D eigenvalue weighted by Crippen LogP contribution is -2.46. The van der Waals surface area contributed by atoms with Crippen molar-refractivity contribution in [3.63, 3.8) is 0 Å². The standard InChI is InChI=1S/C27H30ClF3N4O/c1-17(2)15-35-16-20(14-33-35)18-7-5-8-19(13-18)25(23-11-3-4-12-32-23)34-26(36)21-9-6-10-22(24(21)28)27(29,30)31/h5-10,13-14,16-17,23,25,32H,3-4,11-12,15H2,1-2H3,(H,34,36)/t23-,25?/m0/s1. The number of benzene rings is 2. The predicted octanol–water partition coefficient (Wildman–Crippen LogP) is 6.49. The highest BCUT2D eigenvalue weighted by Crippen LogP contribution is 2.36. The van der Waals surface area contributed by atoms with E-state index in [4.69, 9.17) is 11.6 Å². The fourth-order valence-electron chi connectivity index (χ4n) is 4.62. The van der Waals surface area contributed by atoms with Gasteiger partial charge in [0.25, 0.3) is 5.91 Å². The lowest BCUT2D eigenvalue weighted by molar-refractivity contribution is -0.137. The number of amides is 1. The second-order valence-electron chi connectivity index (χ2n) is 9.64. The van der Waals surface area contributed by atoms with Crippen LogP contribution in [0.4, 0.5) is 13.2 Å². The van der Waals surface area contributed by atoms with Gasteiger partial charge in [-0.1, -0.05) is 56.1 Å². The van der Waals surface area contributed by atoms with Gasteiger partial charge in [-0.15, -0.1) is 0 Å². The van der Waals surface area contributed by atoms with E-state index in [0.29, 0.717) is 5.92 Å². The summed E-state index contributed by atoms with van der Waals surface area (Å²) in [4.78, 5) is 13.2. The summed E-state index contributed by atoms with van der Waals surface area (Å²) in [7, 11) is 0. The molecule has 1 saturated heterocycles. The quantitative estimate of drug-likeness (QED) is 0.376. The zero-order valence-electron chi connectivity index (χ0n) is 20.3. The molecule has 0 radical (unpaired) electrons. The highest BCUT2D eigenvalue weighted by Gasteiger charge is 2.35. The van der Waals surface area contributed by atoms with Gasteiger partial charge in [0.1, 0.15) is 0 Å². The van der Waals surface area contributed by atoms with Gasteiger partial charge in [0.2, 0.25) is 0 Å². The fourth-order valence-corrected chi connectivity index (χ4v) is 4.94. The van der Waals surface area contributed by atoms with E-state index in [1.807, 2.05) is 41.3 Å². The van der Waals surface area contributed by atoms with E-state index in [1.165, 1.54) is 12.1 Å². The molecule has 0 bridgehead atoms. The molecule has 2 N–H and O–H groups in total. The van der Waals surface area contributed by atoms with Gasteiger partial charge in [-0.25, -0.2) is 0 Å². The first-order valence-electron chi connectivity index (χ1n) is 12.2. The maximum absolute atomic E-state index is 13.4. The number of nitrogens with zero attached hydrogens (tertiary/aromatic N) is 2. The third-order valence-electron chi connectivity index (χ3n) is 6.35. The number of carbonyl (C=O) groups is 1. The van der Waals surface area contributed by atoms with Crippen LogP contribution < -0.4 is 10.6 Å². The molecule has 4 rings (SSSR count). The number of rotatable bonds is 7. The molecule has 0 saturated carbocycles. The van der Waals surface area contributed by atoms with E-state index in [0.717, 1.165) is 55.1 Å². The second-order valence-corrected chi connectivity index (χ2v) is 10.0. The zero-order chi connectivity index (χ0) is 25.9. The molecule has 2 atom stereocenters. The van der Waals surface area contributed by atoms with Gasteiger partial charge in [-0.3, -0.25) is 9.48 Å². The molecule has 1 aliphatic rings. The first kappa shape index (κ1) is 26.2. The Morgan fingerprint density at radius 1 is 1.19 bits per heavy atom. The van der Waals surface area contributed by atoms with Crippen molar-refractivity contribution in [1.82, 2.24) is 20.4 Å². The van der Waals surface area contributed by atoms with Gasteiger partial charge < -0.3 is 10.6 Å². The molecule has 2 aromatic carbocycles. The van der Waals surface area contributed by atoms with E-state index in [-0.39, 0.29) is 11.6 Å². The molecule has 192 valence electrons. The minimum atomic E-state index is -4.65. The summed E-state index contributed by atoms with van der Waals surface area (Å²) in [5.41, 5.74) is 1.55. The highest BCUT2D eigenvalue weighted by atomic mass is 35.5. The van der Waals surface area contributed by atoms with Gasteiger partial charge in [0.05, 0.1) is 28.4 Å². The summed E-state index contributed by atoms with van der Waals surface area (Å²) in [5.74, 6) is -0.178.